The molecule has 0 unspecified atom stereocenters. The molecule has 4 aromatic rings. The number of aromatic nitrogens is 3. The van der Waals surface area contributed by atoms with Gasteiger partial charge in [-0.2, -0.15) is 13.2 Å². The molecule has 0 amide bonds. The molecule has 3 heterocycles. The average Bonchev–Trinajstić information content (AvgIpc) is 2.80. The Balaban J connectivity index is 1.70. The van der Waals surface area contributed by atoms with E-state index in [1.54, 1.807) is 18.2 Å². The number of fused-ring (bicyclic) bond motifs is 2. The molecular formula is C26H22F3N5. The zero-order chi connectivity index (χ0) is 24.0. The summed E-state index contributed by atoms with van der Waals surface area (Å²) in [5, 5.41) is 7.48. The van der Waals surface area contributed by atoms with Gasteiger partial charge in [0, 0.05) is 28.8 Å². The number of aryl methyl sites for hydroxylation is 2. The molecule has 0 radical (unpaired) electrons. The Bertz CT molecular complexity index is 1460. The molecule has 0 atom stereocenters. The SMILES string of the molecule is CC1=C(Nc2nc(-c3ccccc3C(F)(F)F)nc3ccccc23)c2c(C)cc(C)nc2NC1. The zero-order valence-electron chi connectivity index (χ0n) is 18.9. The van der Waals surface area contributed by atoms with Gasteiger partial charge in [0.25, 0.3) is 0 Å². The van der Waals surface area contributed by atoms with Crippen molar-refractivity contribution in [3.05, 3.63) is 82.6 Å². The fourth-order valence-electron chi connectivity index (χ4n) is 4.30. The summed E-state index contributed by atoms with van der Waals surface area (Å²) in [6.45, 7) is 6.55. The normalized spacial score (nSPS) is 13.6. The highest BCUT2D eigenvalue weighted by Gasteiger charge is 2.34. The van der Waals surface area contributed by atoms with Crippen molar-refractivity contribution in [2.45, 2.75) is 26.9 Å². The summed E-state index contributed by atoms with van der Waals surface area (Å²) in [4.78, 5) is 13.7. The Morgan fingerprint density at radius 2 is 1.65 bits per heavy atom. The van der Waals surface area contributed by atoms with Crippen molar-refractivity contribution in [3.8, 4) is 11.4 Å². The molecule has 172 valence electrons. The van der Waals surface area contributed by atoms with Crippen LogP contribution in [0, 0.1) is 13.8 Å². The Kier molecular flexibility index (Phi) is 5.23. The second-order valence-electron chi connectivity index (χ2n) is 8.39. The van der Waals surface area contributed by atoms with Crippen molar-refractivity contribution in [1.82, 2.24) is 15.0 Å². The number of rotatable bonds is 3. The topological polar surface area (TPSA) is 62.7 Å². The lowest BCUT2D eigenvalue weighted by Crippen LogP contribution is -2.19. The quantitative estimate of drug-likeness (QED) is 0.360. The summed E-state index contributed by atoms with van der Waals surface area (Å²) < 4.78 is 41.2. The van der Waals surface area contributed by atoms with Crippen molar-refractivity contribution >= 4 is 28.2 Å². The standard InChI is InChI=1S/C26H22F3N5/c1-14-12-16(3)31-25-21(14)22(15(2)13-30-25)33-24-18-9-5-7-11-20(18)32-23(34-24)17-8-4-6-10-19(17)26(27,28)29/h4-12H,13H2,1-3H3,(H,30,31)(H,32,33,34). The van der Waals surface area contributed by atoms with Crippen LogP contribution in [-0.4, -0.2) is 21.5 Å². The molecule has 0 saturated carbocycles. The molecule has 2 N–H and O–H groups in total. The summed E-state index contributed by atoms with van der Waals surface area (Å²) in [6.07, 6.45) is -4.52. The van der Waals surface area contributed by atoms with Crippen LogP contribution < -0.4 is 10.6 Å². The van der Waals surface area contributed by atoms with E-state index in [9.17, 15) is 13.2 Å². The molecule has 1 aliphatic heterocycles. The van der Waals surface area contributed by atoms with Gasteiger partial charge in [0.15, 0.2) is 5.82 Å². The van der Waals surface area contributed by atoms with E-state index in [1.165, 1.54) is 12.1 Å². The van der Waals surface area contributed by atoms with E-state index in [0.29, 0.717) is 23.3 Å². The maximum atomic E-state index is 13.7. The van der Waals surface area contributed by atoms with Crippen molar-refractivity contribution in [3.63, 3.8) is 0 Å². The third-order valence-electron chi connectivity index (χ3n) is 5.86. The van der Waals surface area contributed by atoms with Crippen molar-refractivity contribution < 1.29 is 13.2 Å². The summed E-state index contributed by atoms with van der Waals surface area (Å²) in [6, 6.07) is 14.7. The summed E-state index contributed by atoms with van der Waals surface area (Å²) in [5.41, 5.74) is 4.48. The molecule has 5 rings (SSSR count). The van der Waals surface area contributed by atoms with Gasteiger partial charge in [-0.05, 0) is 56.2 Å². The van der Waals surface area contributed by atoms with E-state index in [0.717, 1.165) is 40.0 Å². The highest BCUT2D eigenvalue weighted by atomic mass is 19.4. The molecule has 5 nitrogen and oxygen atoms in total. The Morgan fingerprint density at radius 3 is 2.44 bits per heavy atom. The molecule has 1 aliphatic rings. The Hall–Kier alpha value is -3.94. The highest BCUT2D eigenvalue weighted by molar-refractivity contribution is 5.97. The maximum absolute atomic E-state index is 13.7. The van der Waals surface area contributed by atoms with E-state index in [2.05, 4.69) is 25.6 Å². The first kappa shape index (κ1) is 21.9. The minimum absolute atomic E-state index is 0.0142. The van der Waals surface area contributed by atoms with Gasteiger partial charge in [-0.25, -0.2) is 15.0 Å². The molecule has 0 fully saturated rings. The fraction of sp³-hybridized carbons (Fsp3) is 0.192. The van der Waals surface area contributed by atoms with Crippen LogP contribution in [0.2, 0.25) is 0 Å². The molecule has 0 bridgehead atoms. The van der Waals surface area contributed by atoms with Crippen LogP contribution in [-0.2, 0) is 6.18 Å². The van der Waals surface area contributed by atoms with Crippen LogP contribution in [0.15, 0.2) is 60.2 Å². The fourth-order valence-corrected chi connectivity index (χ4v) is 4.30. The molecule has 2 aromatic carbocycles. The van der Waals surface area contributed by atoms with Crippen LogP contribution in [0.4, 0.5) is 24.8 Å². The lowest BCUT2D eigenvalue weighted by molar-refractivity contribution is -0.137. The van der Waals surface area contributed by atoms with Crippen LogP contribution in [0.5, 0.6) is 0 Å². The van der Waals surface area contributed by atoms with Gasteiger partial charge in [-0.1, -0.05) is 30.3 Å². The van der Waals surface area contributed by atoms with E-state index >= 15 is 0 Å². The average molecular weight is 461 g/mol. The number of pyridine rings is 1. The van der Waals surface area contributed by atoms with Gasteiger partial charge < -0.3 is 10.6 Å². The van der Waals surface area contributed by atoms with E-state index < -0.39 is 11.7 Å². The van der Waals surface area contributed by atoms with Crippen molar-refractivity contribution in [1.29, 1.82) is 0 Å². The lowest BCUT2D eigenvalue weighted by atomic mass is 9.99. The smallest absolute Gasteiger partial charge is 0.366 e. The number of nitrogens with one attached hydrogen (secondary N) is 2. The Morgan fingerprint density at radius 1 is 0.912 bits per heavy atom. The van der Waals surface area contributed by atoms with E-state index in [1.807, 2.05) is 39.0 Å². The number of benzene rings is 2. The van der Waals surface area contributed by atoms with Crippen molar-refractivity contribution in [2.24, 2.45) is 0 Å². The molecule has 2 aromatic heterocycles. The first-order valence-corrected chi connectivity index (χ1v) is 10.8. The molecule has 0 aliphatic carbocycles. The van der Waals surface area contributed by atoms with E-state index in [4.69, 9.17) is 0 Å². The van der Waals surface area contributed by atoms with Gasteiger partial charge in [0.05, 0.1) is 16.8 Å². The maximum Gasteiger partial charge on any atom is 0.417 e. The predicted molar refractivity (Wildman–Crippen MR) is 128 cm³/mol. The van der Waals surface area contributed by atoms with Gasteiger partial charge in [0.1, 0.15) is 11.6 Å². The van der Waals surface area contributed by atoms with Crippen LogP contribution in [0.25, 0.3) is 28.0 Å². The number of halogens is 3. The molecule has 8 heteroatoms. The van der Waals surface area contributed by atoms with Gasteiger partial charge in [-0.15, -0.1) is 0 Å². The van der Waals surface area contributed by atoms with Crippen molar-refractivity contribution in [2.75, 3.05) is 17.2 Å². The largest absolute Gasteiger partial charge is 0.417 e. The summed E-state index contributed by atoms with van der Waals surface area (Å²) in [7, 11) is 0. The first-order valence-electron chi connectivity index (χ1n) is 10.8. The predicted octanol–water partition coefficient (Wildman–Crippen LogP) is 6.60. The third kappa shape index (κ3) is 3.85. The van der Waals surface area contributed by atoms with Gasteiger partial charge in [0.2, 0.25) is 0 Å². The number of hydrogen-bond donors (Lipinski definition) is 2. The monoisotopic (exact) mass is 461 g/mol. The molecular weight excluding hydrogens is 439 g/mol. The minimum Gasteiger partial charge on any atom is -0.366 e. The third-order valence-corrected chi connectivity index (χ3v) is 5.86. The van der Waals surface area contributed by atoms with Crippen LogP contribution in [0.1, 0.15) is 29.3 Å². The van der Waals surface area contributed by atoms with Gasteiger partial charge >= 0.3 is 6.18 Å². The zero-order valence-corrected chi connectivity index (χ0v) is 18.9. The summed E-state index contributed by atoms with van der Waals surface area (Å²) in [5.74, 6) is 1.23. The second-order valence-corrected chi connectivity index (χ2v) is 8.39. The number of para-hydroxylation sites is 1. The highest BCUT2D eigenvalue weighted by Crippen LogP contribution is 2.38. The number of nitrogens with zero attached hydrogens (tertiary/aromatic N) is 3. The van der Waals surface area contributed by atoms with Crippen LogP contribution in [0.3, 0.4) is 0 Å². The minimum atomic E-state index is -4.52. The molecule has 0 spiro atoms. The Labute approximate surface area is 194 Å². The van der Waals surface area contributed by atoms with Crippen LogP contribution >= 0.6 is 0 Å². The second kappa shape index (κ2) is 8.13. The van der Waals surface area contributed by atoms with Gasteiger partial charge in [-0.3, -0.25) is 0 Å². The number of anilines is 2. The molecule has 0 saturated heterocycles. The number of alkyl halides is 3. The first-order chi connectivity index (χ1) is 16.2. The summed E-state index contributed by atoms with van der Waals surface area (Å²) >= 11 is 0. The molecule has 34 heavy (non-hydrogen) atoms. The number of hydrogen-bond acceptors (Lipinski definition) is 5. The van der Waals surface area contributed by atoms with E-state index in [-0.39, 0.29) is 11.4 Å². The lowest BCUT2D eigenvalue weighted by Gasteiger charge is -2.26.